The maximum atomic E-state index is 12.1. The number of carbonyl (C=O) groups is 1. The molecular weight excluding hydrogens is 474 g/mol. The van der Waals surface area contributed by atoms with Crippen LogP contribution in [0.15, 0.2) is 132 Å². The second-order valence-electron chi connectivity index (χ2n) is 7.27. The Morgan fingerprint density at radius 3 is 1.73 bits per heavy atom. The molecule has 0 spiro atoms. The van der Waals surface area contributed by atoms with Crippen LogP contribution in [0.25, 0.3) is 22.6 Å². The topological polar surface area (TPSA) is 43.1 Å². The third kappa shape index (κ3) is 5.73. The van der Waals surface area contributed by atoms with Gasteiger partial charge >= 0.3 is 0 Å². The van der Waals surface area contributed by atoms with E-state index in [0.29, 0.717) is 0 Å². The summed E-state index contributed by atoms with van der Waals surface area (Å²) in [4.78, 5) is 16.1. The lowest BCUT2D eigenvalue weighted by atomic mass is 10.0. The molecule has 0 aliphatic carbocycles. The highest BCUT2D eigenvalue weighted by molar-refractivity contribution is 9.09. The van der Waals surface area contributed by atoms with Gasteiger partial charge in [-0.3, -0.25) is 4.79 Å². The summed E-state index contributed by atoms with van der Waals surface area (Å²) in [7, 11) is 0. The van der Waals surface area contributed by atoms with E-state index in [1.54, 1.807) is 0 Å². The van der Waals surface area contributed by atoms with Gasteiger partial charge in [-0.15, -0.1) is 0 Å². The van der Waals surface area contributed by atoms with Crippen LogP contribution in [0, 0.1) is 0 Å². The zero-order chi connectivity index (χ0) is 22.9. The number of hydrogen-bond donors (Lipinski definition) is 0. The summed E-state index contributed by atoms with van der Waals surface area (Å²) in [6, 6.07) is 39.1. The number of nitrogens with zero attached hydrogens (tertiary/aromatic N) is 1. The van der Waals surface area contributed by atoms with Crippen LogP contribution < -0.4 is 0 Å². The number of benzene rings is 4. The molecule has 0 aliphatic rings. The van der Waals surface area contributed by atoms with Crippen molar-refractivity contribution in [1.29, 1.82) is 0 Å². The third-order valence-corrected chi connectivity index (χ3v) is 5.98. The molecule has 4 heteroatoms. The van der Waals surface area contributed by atoms with Gasteiger partial charge in [0.05, 0.1) is 0 Å². The maximum Gasteiger partial charge on any atom is 0.182 e. The number of aromatic nitrogens is 1. The summed E-state index contributed by atoms with van der Waals surface area (Å²) in [6.07, 6.45) is 1.49. The molecule has 33 heavy (non-hydrogen) atoms. The van der Waals surface area contributed by atoms with Crippen molar-refractivity contribution in [3.05, 3.63) is 139 Å². The van der Waals surface area contributed by atoms with E-state index in [4.69, 9.17) is 4.42 Å². The van der Waals surface area contributed by atoms with Crippen LogP contribution in [0.4, 0.5) is 0 Å². The summed E-state index contributed by atoms with van der Waals surface area (Å²) in [5.74, 6) is 0.906. The predicted octanol–water partition coefficient (Wildman–Crippen LogP) is 8.01. The Labute approximate surface area is 201 Å². The molecule has 0 amide bonds. The fourth-order valence-corrected chi connectivity index (χ4v) is 3.93. The Kier molecular flexibility index (Phi) is 7.62. The van der Waals surface area contributed by atoms with Crippen LogP contribution in [0.5, 0.6) is 0 Å². The van der Waals surface area contributed by atoms with Crippen molar-refractivity contribution >= 4 is 21.7 Å². The summed E-state index contributed by atoms with van der Waals surface area (Å²) in [5, 5.41) is 0. The van der Waals surface area contributed by atoms with Crippen molar-refractivity contribution in [1.82, 2.24) is 4.98 Å². The number of rotatable bonds is 5. The second-order valence-corrected chi connectivity index (χ2v) is 8.18. The summed E-state index contributed by atoms with van der Waals surface area (Å²) in [6.45, 7) is 0. The van der Waals surface area contributed by atoms with Crippen molar-refractivity contribution in [2.45, 2.75) is 4.83 Å². The van der Waals surface area contributed by atoms with Crippen molar-refractivity contribution in [2.75, 3.05) is 0 Å². The molecule has 4 aromatic carbocycles. The highest BCUT2D eigenvalue weighted by Gasteiger charge is 2.18. The minimum atomic E-state index is -0.268. The van der Waals surface area contributed by atoms with Crippen LogP contribution in [-0.2, 0) is 0 Å². The van der Waals surface area contributed by atoms with E-state index in [1.165, 1.54) is 6.39 Å². The molecular formula is C29H22BrNO2. The normalized spacial score (nSPS) is 11.2. The van der Waals surface area contributed by atoms with Crippen molar-refractivity contribution < 1.29 is 9.21 Å². The zero-order valence-electron chi connectivity index (χ0n) is 17.8. The number of Topliss-reactive ketones (excluding diaryl/α,β-unsaturated/α-hetero) is 1. The predicted molar refractivity (Wildman–Crippen MR) is 136 cm³/mol. The van der Waals surface area contributed by atoms with E-state index in [-0.39, 0.29) is 10.6 Å². The maximum absolute atomic E-state index is 12.1. The van der Waals surface area contributed by atoms with Crippen LogP contribution in [0.2, 0.25) is 0 Å². The van der Waals surface area contributed by atoms with Crippen molar-refractivity contribution in [3.8, 4) is 22.6 Å². The smallest absolute Gasteiger partial charge is 0.182 e. The Bertz CT molecular complexity index is 1220. The molecule has 0 fully saturated rings. The minimum absolute atomic E-state index is 0.0896. The molecule has 1 atom stereocenters. The average molecular weight is 496 g/mol. The Morgan fingerprint density at radius 2 is 1.15 bits per heavy atom. The first-order valence-corrected chi connectivity index (χ1v) is 11.5. The SMILES string of the molecule is O=C(c1ccccc1)C(Br)c1ccccc1.c1ccc(-c2ncoc2-c2ccccc2)cc1. The van der Waals surface area contributed by atoms with Crippen molar-refractivity contribution in [2.24, 2.45) is 0 Å². The Morgan fingerprint density at radius 1 is 0.667 bits per heavy atom. The van der Waals surface area contributed by atoms with E-state index in [2.05, 4.69) is 20.9 Å². The quantitative estimate of drug-likeness (QED) is 0.183. The molecule has 0 saturated carbocycles. The molecule has 0 saturated heterocycles. The second kappa shape index (κ2) is 11.2. The molecule has 0 bridgehead atoms. The van der Waals surface area contributed by atoms with E-state index >= 15 is 0 Å². The minimum Gasteiger partial charge on any atom is -0.443 e. The number of carbonyl (C=O) groups excluding carboxylic acids is 1. The lowest BCUT2D eigenvalue weighted by molar-refractivity contribution is 0.0991. The van der Waals surface area contributed by atoms with E-state index < -0.39 is 0 Å². The van der Waals surface area contributed by atoms with Gasteiger partial charge in [0.15, 0.2) is 17.9 Å². The summed E-state index contributed by atoms with van der Waals surface area (Å²) in [5.41, 5.74) is 4.71. The van der Waals surface area contributed by atoms with Crippen LogP contribution in [0.3, 0.4) is 0 Å². The molecule has 1 aromatic heterocycles. The van der Waals surface area contributed by atoms with E-state index in [9.17, 15) is 4.79 Å². The van der Waals surface area contributed by atoms with Gasteiger partial charge in [0.25, 0.3) is 0 Å². The molecule has 5 aromatic rings. The monoisotopic (exact) mass is 495 g/mol. The van der Waals surface area contributed by atoms with Gasteiger partial charge in [0.1, 0.15) is 10.5 Å². The third-order valence-electron chi connectivity index (χ3n) is 5.03. The molecule has 5 rings (SSSR count). The first-order chi connectivity index (χ1) is 16.2. The number of oxazole rings is 1. The van der Waals surface area contributed by atoms with Gasteiger partial charge < -0.3 is 4.42 Å². The lowest BCUT2D eigenvalue weighted by Gasteiger charge is -2.08. The zero-order valence-corrected chi connectivity index (χ0v) is 19.4. The highest BCUT2D eigenvalue weighted by atomic mass is 79.9. The van der Waals surface area contributed by atoms with Gasteiger partial charge in [-0.05, 0) is 5.56 Å². The number of hydrogen-bond acceptors (Lipinski definition) is 3. The summed E-state index contributed by atoms with van der Waals surface area (Å²) < 4.78 is 5.49. The molecule has 0 N–H and O–H groups in total. The van der Waals surface area contributed by atoms with Gasteiger partial charge in [0, 0.05) is 16.7 Å². The molecule has 162 valence electrons. The van der Waals surface area contributed by atoms with Gasteiger partial charge in [-0.2, -0.15) is 0 Å². The first kappa shape index (κ1) is 22.4. The first-order valence-electron chi connectivity index (χ1n) is 10.6. The van der Waals surface area contributed by atoms with Gasteiger partial charge in [-0.25, -0.2) is 4.98 Å². The number of halogens is 1. The fourth-order valence-electron chi connectivity index (χ4n) is 3.36. The average Bonchev–Trinajstić information content (AvgIpc) is 3.40. The largest absolute Gasteiger partial charge is 0.443 e. The highest BCUT2D eigenvalue weighted by Crippen LogP contribution is 2.30. The van der Waals surface area contributed by atoms with Gasteiger partial charge in [0.2, 0.25) is 0 Å². The summed E-state index contributed by atoms with van der Waals surface area (Å²) >= 11 is 3.44. The number of ketones is 1. The van der Waals surface area contributed by atoms with Crippen LogP contribution >= 0.6 is 15.9 Å². The molecule has 1 unspecified atom stereocenters. The van der Waals surface area contributed by atoms with Crippen LogP contribution in [-0.4, -0.2) is 10.8 Å². The van der Waals surface area contributed by atoms with Crippen molar-refractivity contribution in [3.63, 3.8) is 0 Å². The standard InChI is InChI=1S/C15H11NO.C14H11BrO/c1-3-7-12(8-4-1)14-15(17-11-16-14)13-9-5-2-6-10-13;15-13(11-7-3-1-4-8-11)14(16)12-9-5-2-6-10-12/h1-11H;1-10,13H. The molecule has 0 radical (unpaired) electrons. The fraction of sp³-hybridized carbons (Fsp3) is 0.0345. The molecule has 0 aliphatic heterocycles. The van der Waals surface area contributed by atoms with Gasteiger partial charge in [-0.1, -0.05) is 137 Å². The Balaban J connectivity index is 0.000000157. The number of alkyl halides is 1. The van der Waals surface area contributed by atoms with E-state index in [1.807, 2.05) is 121 Å². The Hall–Kier alpha value is -3.76. The van der Waals surface area contributed by atoms with E-state index in [0.717, 1.165) is 33.7 Å². The van der Waals surface area contributed by atoms with Crippen LogP contribution in [0.1, 0.15) is 20.7 Å². The molecule has 3 nitrogen and oxygen atoms in total. The molecule has 1 heterocycles. The lowest BCUT2D eigenvalue weighted by Crippen LogP contribution is -2.06.